The van der Waals surface area contributed by atoms with Gasteiger partial charge in [0.25, 0.3) is 0 Å². The van der Waals surface area contributed by atoms with E-state index in [0.717, 1.165) is 44.1 Å². The third-order valence-corrected chi connectivity index (χ3v) is 8.08. The SMILES string of the molecule is C/C=C1/C(=O)CC2C3CC=C4C[C@@H](O)CC[C@]4(C)C3CC[C@]12C. The highest BCUT2D eigenvalue weighted by molar-refractivity contribution is 5.99. The highest BCUT2D eigenvalue weighted by Crippen LogP contribution is 2.65. The van der Waals surface area contributed by atoms with Gasteiger partial charge in [-0.2, -0.15) is 0 Å². The lowest BCUT2D eigenvalue weighted by atomic mass is 9.48. The van der Waals surface area contributed by atoms with E-state index in [2.05, 4.69) is 26.0 Å². The highest BCUT2D eigenvalue weighted by Gasteiger charge is 2.59. The molecule has 2 heteroatoms. The molecule has 0 aromatic heterocycles. The standard InChI is InChI=1S/C21H30O2/c1-4-16-19(23)12-18-15-6-5-13-11-14(22)7-9-20(13,2)17(15)8-10-21(16,18)3/h4-5,14-15,17-18,22H,6-12H2,1-3H3/b16-4-/t14-,15?,17?,18?,20-,21+/m0/s1. The predicted molar refractivity (Wildman–Crippen MR) is 91.9 cm³/mol. The van der Waals surface area contributed by atoms with E-state index in [9.17, 15) is 9.90 Å². The summed E-state index contributed by atoms with van der Waals surface area (Å²) in [4.78, 5) is 12.5. The van der Waals surface area contributed by atoms with Crippen LogP contribution in [0.1, 0.15) is 65.7 Å². The molecule has 0 amide bonds. The molecule has 0 heterocycles. The van der Waals surface area contributed by atoms with Crippen LogP contribution in [-0.4, -0.2) is 17.0 Å². The van der Waals surface area contributed by atoms with Crippen LogP contribution in [0.25, 0.3) is 0 Å². The first kappa shape index (κ1) is 15.6. The minimum atomic E-state index is -0.137. The number of aliphatic hydroxyl groups is 1. The predicted octanol–water partition coefficient (Wildman–Crippen LogP) is 4.44. The van der Waals surface area contributed by atoms with E-state index in [1.54, 1.807) is 0 Å². The molecule has 4 rings (SSSR count). The van der Waals surface area contributed by atoms with Crippen LogP contribution in [0.3, 0.4) is 0 Å². The molecule has 0 radical (unpaired) electrons. The third-order valence-electron chi connectivity index (χ3n) is 8.08. The topological polar surface area (TPSA) is 37.3 Å². The first-order valence-electron chi connectivity index (χ1n) is 9.47. The smallest absolute Gasteiger partial charge is 0.159 e. The van der Waals surface area contributed by atoms with Crippen molar-refractivity contribution in [2.24, 2.45) is 28.6 Å². The summed E-state index contributed by atoms with van der Waals surface area (Å²) >= 11 is 0. The van der Waals surface area contributed by atoms with Crippen molar-refractivity contribution in [3.63, 3.8) is 0 Å². The second kappa shape index (κ2) is 5.05. The Balaban J connectivity index is 1.71. The number of carbonyl (C=O) groups is 1. The van der Waals surface area contributed by atoms with E-state index in [1.165, 1.54) is 12.0 Å². The molecule has 0 saturated heterocycles. The number of hydrogen-bond donors (Lipinski definition) is 1. The van der Waals surface area contributed by atoms with Crippen LogP contribution in [0, 0.1) is 28.6 Å². The summed E-state index contributed by atoms with van der Waals surface area (Å²) in [6.07, 6.45) is 11.6. The first-order chi connectivity index (χ1) is 10.9. The molecule has 3 saturated carbocycles. The maximum Gasteiger partial charge on any atom is 0.159 e. The maximum atomic E-state index is 12.5. The van der Waals surface area contributed by atoms with Crippen molar-refractivity contribution in [2.45, 2.75) is 71.8 Å². The van der Waals surface area contributed by atoms with Crippen molar-refractivity contribution < 1.29 is 9.90 Å². The summed E-state index contributed by atoms with van der Waals surface area (Å²) in [6, 6.07) is 0. The van der Waals surface area contributed by atoms with E-state index in [-0.39, 0.29) is 16.9 Å². The van der Waals surface area contributed by atoms with Crippen molar-refractivity contribution in [3.8, 4) is 0 Å². The zero-order valence-corrected chi connectivity index (χ0v) is 14.8. The molecule has 0 aromatic carbocycles. The van der Waals surface area contributed by atoms with E-state index < -0.39 is 0 Å². The monoisotopic (exact) mass is 314 g/mol. The number of rotatable bonds is 0. The number of ketones is 1. The second-order valence-electron chi connectivity index (χ2n) is 8.94. The van der Waals surface area contributed by atoms with Gasteiger partial charge in [-0.05, 0) is 79.6 Å². The zero-order chi connectivity index (χ0) is 16.4. The summed E-state index contributed by atoms with van der Waals surface area (Å²) in [5, 5.41) is 10.1. The van der Waals surface area contributed by atoms with Crippen molar-refractivity contribution in [1.82, 2.24) is 0 Å². The molecule has 126 valence electrons. The van der Waals surface area contributed by atoms with Crippen molar-refractivity contribution in [3.05, 3.63) is 23.3 Å². The Kier molecular flexibility index (Phi) is 3.43. The lowest BCUT2D eigenvalue weighted by molar-refractivity contribution is -0.115. The van der Waals surface area contributed by atoms with Gasteiger partial charge in [0.05, 0.1) is 6.10 Å². The Hall–Kier alpha value is -0.890. The lowest BCUT2D eigenvalue weighted by Gasteiger charge is -2.57. The Bertz CT molecular complexity index is 601. The second-order valence-corrected chi connectivity index (χ2v) is 8.94. The molecular weight excluding hydrogens is 284 g/mol. The third kappa shape index (κ3) is 2.00. The van der Waals surface area contributed by atoms with Crippen LogP contribution in [-0.2, 0) is 4.79 Å². The van der Waals surface area contributed by atoms with E-state index in [4.69, 9.17) is 0 Å². The average Bonchev–Trinajstić information content (AvgIpc) is 2.77. The molecule has 3 fully saturated rings. The van der Waals surface area contributed by atoms with Gasteiger partial charge in [0, 0.05) is 6.42 Å². The molecule has 4 aliphatic carbocycles. The van der Waals surface area contributed by atoms with Gasteiger partial charge in [-0.25, -0.2) is 0 Å². The van der Waals surface area contributed by atoms with Crippen LogP contribution >= 0.6 is 0 Å². The quantitative estimate of drug-likeness (QED) is 0.530. The maximum absolute atomic E-state index is 12.5. The van der Waals surface area contributed by atoms with Gasteiger partial charge in [0.1, 0.15) is 0 Å². The van der Waals surface area contributed by atoms with Gasteiger partial charge in [-0.1, -0.05) is 31.6 Å². The minimum absolute atomic E-state index is 0.114. The lowest BCUT2D eigenvalue weighted by Crippen LogP contribution is -2.49. The molecular formula is C21H30O2. The molecule has 6 atom stereocenters. The summed E-state index contributed by atoms with van der Waals surface area (Å²) < 4.78 is 0. The molecule has 23 heavy (non-hydrogen) atoms. The Morgan fingerprint density at radius 3 is 2.61 bits per heavy atom. The van der Waals surface area contributed by atoms with Crippen LogP contribution in [0.4, 0.5) is 0 Å². The number of hydrogen-bond acceptors (Lipinski definition) is 2. The molecule has 1 N–H and O–H groups in total. The largest absolute Gasteiger partial charge is 0.393 e. The van der Waals surface area contributed by atoms with E-state index in [0.29, 0.717) is 23.5 Å². The normalized spacial score (nSPS) is 51.0. The Labute approximate surface area is 140 Å². The van der Waals surface area contributed by atoms with Gasteiger partial charge in [0.15, 0.2) is 5.78 Å². The molecule has 0 bridgehead atoms. The Morgan fingerprint density at radius 1 is 1.13 bits per heavy atom. The Morgan fingerprint density at radius 2 is 1.87 bits per heavy atom. The summed E-state index contributed by atoms with van der Waals surface area (Å²) in [5.41, 5.74) is 3.00. The van der Waals surface area contributed by atoms with Crippen LogP contribution in [0.5, 0.6) is 0 Å². The van der Waals surface area contributed by atoms with E-state index >= 15 is 0 Å². The van der Waals surface area contributed by atoms with Crippen molar-refractivity contribution in [2.75, 3.05) is 0 Å². The van der Waals surface area contributed by atoms with Crippen molar-refractivity contribution >= 4 is 5.78 Å². The first-order valence-corrected chi connectivity index (χ1v) is 9.47. The van der Waals surface area contributed by atoms with Crippen LogP contribution < -0.4 is 0 Å². The number of aliphatic hydroxyl groups excluding tert-OH is 1. The van der Waals surface area contributed by atoms with Gasteiger partial charge < -0.3 is 5.11 Å². The summed E-state index contributed by atoms with van der Waals surface area (Å²) in [7, 11) is 0. The van der Waals surface area contributed by atoms with Gasteiger partial charge in [0.2, 0.25) is 0 Å². The zero-order valence-electron chi connectivity index (χ0n) is 14.8. The number of fused-ring (bicyclic) bond motifs is 5. The molecule has 0 spiro atoms. The van der Waals surface area contributed by atoms with Gasteiger partial charge in [-0.3, -0.25) is 4.79 Å². The number of carbonyl (C=O) groups excluding carboxylic acids is 1. The molecule has 0 aromatic rings. The highest BCUT2D eigenvalue weighted by atomic mass is 16.3. The minimum Gasteiger partial charge on any atom is -0.393 e. The summed E-state index contributed by atoms with van der Waals surface area (Å²) in [5.74, 6) is 2.29. The molecule has 3 unspecified atom stereocenters. The summed E-state index contributed by atoms with van der Waals surface area (Å²) in [6.45, 7) is 6.83. The van der Waals surface area contributed by atoms with E-state index in [1.807, 2.05) is 6.92 Å². The molecule has 2 nitrogen and oxygen atoms in total. The molecule has 0 aliphatic heterocycles. The van der Waals surface area contributed by atoms with Crippen molar-refractivity contribution in [1.29, 1.82) is 0 Å². The average molecular weight is 314 g/mol. The number of allylic oxidation sites excluding steroid dienone is 3. The molecule has 4 aliphatic rings. The van der Waals surface area contributed by atoms with Gasteiger partial charge >= 0.3 is 0 Å². The van der Waals surface area contributed by atoms with Crippen LogP contribution in [0.15, 0.2) is 23.3 Å². The van der Waals surface area contributed by atoms with Crippen LogP contribution in [0.2, 0.25) is 0 Å². The fourth-order valence-electron chi connectivity index (χ4n) is 6.79. The fourth-order valence-corrected chi connectivity index (χ4v) is 6.79. The number of Topliss-reactive ketones (excluding diaryl/α,β-unsaturated/α-hetero) is 1. The fraction of sp³-hybridized carbons (Fsp3) is 0.762. The van der Waals surface area contributed by atoms with Gasteiger partial charge in [-0.15, -0.1) is 0 Å².